The minimum absolute atomic E-state index is 0.0794. The van der Waals surface area contributed by atoms with Gasteiger partial charge in [-0.15, -0.1) is 0 Å². The van der Waals surface area contributed by atoms with Gasteiger partial charge in [-0.25, -0.2) is 0 Å². The summed E-state index contributed by atoms with van der Waals surface area (Å²) in [7, 11) is 7.54. The number of carbonyl (C=O) groups excluding carboxylic acids is 2. The Bertz CT molecular complexity index is 1310. The third-order valence-corrected chi connectivity index (χ3v) is 6.92. The van der Waals surface area contributed by atoms with Crippen molar-refractivity contribution < 1.29 is 14.3 Å². The second kappa shape index (κ2) is 11.8. The summed E-state index contributed by atoms with van der Waals surface area (Å²) in [6.07, 6.45) is 2.00. The van der Waals surface area contributed by atoms with Crippen molar-refractivity contribution in [3.05, 3.63) is 77.5 Å². The Labute approximate surface area is 221 Å². The Morgan fingerprint density at radius 2 is 1.46 bits per heavy atom. The van der Waals surface area contributed by atoms with Crippen LogP contribution in [0, 0.1) is 18.8 Å². The zero-order valence-corrected chi connectivity index (χ0v) is 23.7. The van der Waals surface area contributed by atoms with Crippen LogP contribution >= 0.6 is 0 Å². The van der Waals surface area contributed by atoms with Crippen LogP contribution in [-0.2, 0) is 9.59 Å². The molecule has 2 unspecified atom stereocenters. The van der Waals surface area contributed by atoms with E-state index < -0.39 is 12.1 Å². The summed E-state index contributed by atoms with van der Waals surface area (Å²) in [4.78, 5) is 33.7. The maximum Gasteiger partial charge on any atom is 0.242 e. The van der Waals surface area contributed by atoms with Crippen molar-refractivity contribution in [2.24, 2.45) is 16.8 Å². The van der Waals surface area contributed by atoms with Crippen LogP contribution in [0.4, 0.5) is 0 Å². The van der Waals surface area contributed by atoms with Gasteiger partial charge in [0.05, 0.1) is 18.8 Å². The van der Waals surface area contributed by atoms with Crippen molar-refractivity contribution in [1.29, 1.82) is 0 Å². The number of rotatable bonds is 10. The highest BCUT2D eigenvalue weighted by atomic mass is 16.1. The van der Waals surface area contributed by atoms with Crippen LogP contribution in [0.25, 0.3) is 10.9 Å². The number of likely N-dealkylation sites (N-methyl/N-ethyl adjacent to an activating group) is 2. The Kier molecular flexibility index (Phi) is 8.98. The van der Waals surface area contributed by atoms with Gasteiger partial charge >= 0.3 is 0 Å². The molecule has 0 saturated heterocycles. The van der Waals surface area contributed by atoms with Crippen molar-refractivity contribution in [2.45, 2.75) is 46.7 Å². The van der Waals surface area contributed by atoms with E-state index in [1.807, 2.05) is 125 Å². The predicted molar refractivity (Wildman–Crippen MR) is 152 cm³/mol. The third kappa shape index (κ3) is 5.80. The molecule has 1 heterocycles. The zero-order chi connectivity index (χ0) is 27.4. The minimum atomic E-state index is -0.617. The Balaban J connectivity index is 2.29. The monoisotopic (exact) mass is 501 g/mol. The topological polar surface area (TPSA) is 56.9 Å². The first-order chi connectivity index (χ1) is 17.5. The maximum atomic E-state index is 13.8. The number of hydrogen-bond donors (Lipinski definition) is 0. The van der Waals surface area contributed by atoms with Gasteiger partial charge in [-0.05, 0) is 38.7 Å². The van der Waals surface area contributed by atoms with Crippen LogP contribution in [0.1, 0.15) is 50.4 Å². The molecule has 37 heavy (non-hydrogen) atoms. The highest BCUT2D eigenvalue weighted by Gasteiger charge is 2.37. The molecule has 2 atom stereocenters. The van der Waals surface area contributed by atoms with Gasteiger partial charge in [-0.1, -0.05) is 68.8 Å². The summed E-state index contributed by atoms with van der Waals surface area (Å²) in [5.74, 6) is -0.0729. The molecule has 0 aliphatic carbocycles. The molecule has 0 fully saturated rings. The smallest absolute Gasteiger partial charge is 0.242 e. The lowest BCUT2D eigenvalue weighted by molar-refractivity contribution is -0.666. The van der Waals surface area contributed by atoms with Gasteiger partial charge in [0.25, 0.3) is 0 Å². The zero-order valence-electron chi connectivity index (χ0n) is 23.7. The summed E-state index contributed by atoms with van der Waals surface area (Å²) in [5, 5.41) is 2.96. The number of para-hydroxylation sites is 1. The van der Waals surface area contributed by atoms with E-state index in [0.29, 0.717) is 0 Å². The van der Waals surface area contributed by atoms with Crippen LogP contribution in [0.3, 0.4) is 0 Å². The number of Topliss-reactive ketones (excluding diaryl/α,β-unsaturated/α-hetero) is 2. The van der Waals surface area contributed by atoms with Crippen LogP contribution in [-0.4, -0.2) is 56.4 Å². The highest BCUT2D eigenvalue weighted by Crippen LogP contribution is 2.25. The quantitative estimate of drug-likeness (QED) is 0.302. The Morgan fingerprint density at radius 1 is 0.865 bits per heavy atom. The summed E-state index contributed by atoms with van der Waals surface area (Å²) in [5.41, 5.74) is 4.58. The molecule has 0 bridgehead atoms. The Morgan fingerprint density at radius 3 is 2.03 bits per heavy atom. The molecule has 0 radical (unpaired) electrons. The van der Waals surface area contributed by atoms with Crippen molar-refractivity contribution in [3.63, 3.8) is 0 Å². The first-order valence-electron chi connectivity index (χ1n) is 12.9. The molecule has 3 rings (SSSR count). The summed E-state index contributed by atoms with van der Waals surface area (Å²) in [6, 6.07) is 17.2. The number of fused-ring (bicyclic) bond motifs is 1. The van der Waals surface area contributed by atoms with Crippen molar-refractivity contribution in [3.8, 4) is 0 Å². The first kappa shape index (κ1) is 28.2. The summed E-state index contributed by atoms with van der Waals surface area (Å²) in [6.45, 7) is 9.76. The molecule has 0 aliphatic heterocycles. The number of hydrogen-bond acceptors (Lipinski definition) is 5. The molecule has 0 N–H and O–H groups in total. The molecule has 2 aromatic carbocycles. The molecule has 196 valence electrons. The number of pyridine rings is 1. The van der Waals surface area contributed by atoms with Gasteiger partial charge in [-0.2, -0.15) is 5.01 Å². The van der Waals surface area contributed by atoms with Gasteiger partial charge in [0.1, 0.15) is 0 Å². The lowest BCUT2D eigenvalue weighted by Gasteiger charge is -2.29. The van der Waals surface area contributed by atoms with Gasteiger partial charge in [0.2, 0.25) is 11.7 Å². The molecule has 1 aromatic heterocycles. The lowest BCUT2D eigenvalue weighted by atomic mass is 9.91. The van der Waals surface area contributed by atoms with E-state index in [4.69, 9.17) is 0 Å². The van der Waals surface area contributed by atoms with Crippen molar-refractivity contribution in [2.75, 3.05) is 33.2 Å². The maximum absolute atomic E-state index is 13.8. The highest BCUT2D eigenvalue weighted by molar-refractivity contribution is 6.19. The molecule has 0 amide bonds. The number of ketones is 2. The van der Waals surface area contributed by atoms with Gasteiger partial charge in [-0.3, -0.25) is 19.5 Å². The van der Waals surface area contributed by atoms with Crippen molar-refractivity contribution in [1.82, 2.24) is 4.90 Å². The van der Waals surface area contributed by atoms with Gasteiger partial charge in [0.15, 0.2) is 17.6 Å². The molecular weight excluding hydrogens is 460 g/mol. The van der Waals surface area contributed by atoms with Crippen molar-refractivity contribution >= 4 is 28.2 Å². The van der Waals surface area contributed by atoms with E-state index >= 15 is 0 Å². The third-order valence-electron chi connectivity index (χ3n) is 6.92. The Hall–Kier alpha value is -3.38. The van der Waals surface area contributed by atoms with Crippen LogP contribution < -0.4 is 9.69 Å². The van der Waals surface area contributed by atoms with E-state index in [1.165, 1.54) is 0 Å². The normalized spacial score (nSPS) is 13.9. The lowest BCUT2D eigenvalue weighted by Crippen LogP contribution is -2.66. The molecule has 6 nitrogen and oxygen atoms in total. The van der Waals surface area contributed by atoms with Gasteiger partial charge in [0, 0.05) is 41.5 Å². The molecule has 3 aromatic rings. The van der Waals surface area contributed by atoms with E-state index in [2.05, 4.69) is 11.1 Å². The molecule has 0 spiro atoms. The average molecular weight is 502 g/mol. The number of aryl methyl sites for hydroxylation is 1. The van der Waals surface area contributed by atoms with E-state index in [-0.39, 0.29) is 23.4 Å². The van der Waals surface area contributed by atoms with Crippen LogP contribution in [0.5, 0.6) is 0 Å². The number of nitrogens with zero attached hydrogens (tertiary/aromatic N) is 4. The number of carbonyl (C=O) groups is 2. The molecule has 0 aliphatic rings. The molecular formula is C31H41N4O2+. The van der Waals surface area contributed by atoms with Crippen LogP contribution in [0.15, 0.2) is 65.8 Å². The second-order valence-electron chi connectivity index (χ2n) is 10.6. The fourth-order valence-corrected chi connectivity index (χ4v) is 4.88. The predicted octanol–water partition coefficient (Wildman–Crippen LogP) is 4.54. The minimum Gasteiger partial charge on any atom is -0.297 e. The molecule has 0 saturated carbocycles. The summed E-state index contributed by atoms with van der Waals surface area (Å²) < 4.78 is 2.02. The van der Waals surface area contributed by atoms with Gasteiger partial charge < -0.3 is 0 Å². The first-order valence-corrected chi connectivity index (χ1v) is 12.9. The largest absolute Gasteiger partial charge is 0.297 e. The fraction of sp³-hybridized carbons (Fsp3) is 0.419. The van der Waals surface area contributed by atoms with Crippen LogP contribution in [0.2, 0.25) is 0 Å². The number of benzene rings is 2. The van der Waals surface area contributed by atoms with E-state index in [9.17, 15) is 9.59 Å². The summed E-state index contributed by atoms with van der Waals surface area (Å²) >= 11 is 0. The fourth-order valence-electron chi connectivity index (χ4n) is 4.88. The number of aliphatic imine (C=N–C) groups is 1. The second-order valence-corrected chi connectivity index (χ2v) is 10.6. The van der Waals surface area contributed by atoms with E-state index in [1.54, 1.807) is 7.05 Å². The SMILES string of the molecule is CN=C(c1ccccc1C)C(C(=O)C(C)C)N(C)[n+]1cc(C(C(=O)C(C)C)N(C)C)cc2ccccc21. The van der Waals surface area contributed by atoms with E-state index in [0.717, 1.165) is 33.3 Å². The average Bonchev–Trinajstić information content (AvgIpc) is 2.86. The standard InChI is InChI=1S/C31H41N4O2/c1-20(2)30(36)28(33(7)8)24-18-23-15-11-13-17-26(23)35(19-24)34(9)29(31(37)21(3)4)27(32-6)25-16-12-10-14-22(25)5/h10-21,28-29H,1-9H3/q+1. The molecule has 6 heteroatoms. The number of aromatic nitrogens is 1.